The molecule has 0 amide bonds. The highest BCUT2D eigenvalue weighted by molar-refractivity contribution is 4.72. The van der Waals surface area contributed by atoms with E-state index in [2.05, 4.69) is 19.2 Å². The van der Waals surface area contributed by atoms with Crippen molar-refractivity contribution in [1.82, 2.24) is 5.32 Å². The van der Waals surface area contributed by atoms with E-state index in [1.54, 1.807) is 0 Å². The first kappa shape index (κ1) is 13.9. The zero-order valence-corrected chi connectivity index (χ0v) is 9.83. The smallest absolute Gasteiger partial charge is 0.0923 e. The topological polar surface area (TPSA) is 52.5 Å². The Hall–Kier alpha value is -0.120. The van der Waals surface area contributed by atoms with Crippen molar-refractivity contribution in [1.29, 1.82) is 0 Å². The summed E-state index contributed by atoms with van der Waals surface area (Å²) in [5.41, 5.74) is 0. The summed E-state index contributed by atoms with van der Waals surface area (Å²) in [7, 11) is 0. The monoisotopic (exact) mass is 203 g/mol. The van der Waals surface area contributed by atoms with E-state index in [1.807, 2.05) is 13.8 Å². The molecule has 86 valence electrons. The number of hydrogen-bond acceptors (Lipinski definition) is 3. The molecule has 0 rings (SSSR count). The van der Waals surface area contributed by atoms with Crippen LogP contribution in [-0.2, 0) is 0 Å². The quantitative estimate of drug-likeness (QED) is 0.581. The van der Waals surface area contributed by atoms with Crippen LogP contribution in [0.5, 0.6) is 0 Å². The lowest BCUT2D eigenvalue weighted by Crippen LogP contribution is -2.39. The van der Waals surface area contributed by atoms with Crippen molar-refractivity contribution >= 4 is 0 Å². The third kappa shape index (κ3) is 6.35. The van der Waals surface area contributed by atoms with Crippen LogP contribution in [-0.4, -0.2) is 35.0 Å². The zero-order chi connectivity index (χ0) is 11.1. The maximum Gasteiger partial charge on any atom is 0.0923 e. The molecule has 0 aliphatic carbocycles. The van der Waals surface area contributed by atoms with Gasteiger partial charge in [-0.05, 0) is 12.3 Å². The molecule has 0 heterocycles. The molecule has 0 spiro atoms. The third-order valence-corrected chi connectivity index (χ3v) is 2.52. The summed E-state index contributed by atoms with van der Waals surface area (Å²) in [5.74, 6) is 0.471. The molecule has 0 bridgehead atoms. The number of rotatable bonds is 7. The average molecular weight is 203 g/mol. The minimum atomic E-state index is -0.647. The van der Waals surface area contributed by atoms with Gasteiger partial charge in [0.05, 0.1) is 12.2 Å². The summed E-state index contributed by atoms with van der Waals surface area (Å²) in [5, 5.41) is 22.3. The number of aliphatic hydroxyl groups is 2. The first-order chi connectivity index (χ1) is 6.47. The Labute approximate surface area is 87.5 Å². The molecule has 0 aromatic carbocycles. The van der Waals surface area contributed by atoms with E-state index in [0.717, 1.165) is 6.42 Å². The third-order valence-electron chi connectivity index (χ3n) is 2.52. The maximum absolute atomic E-state index is 9.64. The van der Waals surface area contributed by atoms with Gasteiger partial charge in [0.1, 0.15) is 0 Å². The van der Waals surface area contributed by atoms with Crippen LogP contribution in [0, 0.1) is 5.92 Å². The Bertz CT molecular complexity index is 139. The van der Waals surface area contributed by atoms with Crippen molar-refractivity contribution in [3.63, 3.8) is 0 Å². The molecule has 3 N–H and O–H groups in total. The normalized spacial score (nSPS) is 18.2. The van der Waals surface area contributed by atoms with E-state index in [1.165, 1.54) is 0 Å². The lowest BCUT2D eigenvalue weighted by Gasteiger charge is -2.21. The Kier molecular flexibility index (Phi) is 7.15. The molecular formula is C11H25NO2. The van der Waals surface area contributed by atoms with Crippen molar-refractivity contribution in [2.45, 2.75) is 58.8 Å². The highest BCUT2D eigenvalue weighted by Crippen LogP contribution is 2.11. The minimum absolute atomic E-state index is 0.348. The minimum Gasteiger partial charge on any atom is -0.390 e. The van der Waals surface area contributed by atoms with Crippen molar-refractivity contribution in [3.8, 4) is 0 Å². The van der Waals surface area contributed by atoms with Gasteiger partial charge in [-0.15, -0.1) is 0 Å². The van der Waals surface area contributed by atoms with Crippen LogP contribution in [0.1, 0.15) is 40.5 Å². The Balaban J connectivity index is 3.69. The van der Waals surface area contributed by atoms with E-state index >= 15 is 0 Å². The molecule has 3 nitrogen and oxygen atoms in total. The summed E-state index contributed by atoms with van der Waals surface area (Å²) in [6.45, 7) is 8.69. The summed E-state index contributed by atoms with van der Waals surface area (Å²) >= 11 is 0. The van der Waals surface area contributed by atoms with Crippen LogP contribution < -0.4 is 5.32 Å². The Morgan fingerprint density at radius 3 is 2.07 bits per heavy atom. The Morgan fingerprint density at radius 2 is 1.64 bits per heavy atom. The van der Waals surface area contributed by atoms with Crippen molar-refractivity contribution in [3.05, 3.63) is 0 Å². The van der Waals surface area contributed by atoms with Gasteiger partial charge in [0, 0.05) is 12.6 Å². The first-order valence-electron chi connectivity index (χ1n) is 5.56. The summed E-state index contributed by atoms with van der Waals surface area (Å²) in [4.78, 5) is 0. The predicted molar refractivity (Wildman–Crippen MR) is 59.2 cm³/mol. The molecule has 0 aliphatic rings. The standard InChI is InChI=1S/C11H25NO2/c1-5-9(4)6-10(13)11(14)7-12-8(2)3/h8-14H,5-7H2,1-4H3. The fourth-order valence-corrected chi connectivity index (χ4v) is 1.23. The lowest BCUT2D eigenvalue weighted by molar-refractivity contribution is 0.00598. The number of nitrogens with one attached hydrogen (secondary N) is 1. The molecule has 0 saturated carbocycles. The number of hydrogen-bond donors (Lipinski definition) is 3. The van der Waals surface area contributed by atoms with Gasteiger partial charge < -0.3 is 15.5 Å². The van der Waals surface area contributed by atoms with E-state index in [4.69, 9.17) is 0 Å². The molecular weight excluding hydrogens is 178 g/mol. The molecule has 0 aromatic rings. The van der Waals surface area contributed by atoms with E-state index in [0.29, 0.717) is 24.9 Å². The fourth-order valence-electron chi connectivity index (χ4n) is 1.23. The second-order valence-electron chi connectivity index (χ2n) is 4.45. The molecule has 3 heteroatoms. The maximum atomic E-state index is 9.64. The Morgan fingerprint density at radius 1 is 1.07 bits per heavy atom. The summed E-state index contributed by atoms with van der Waals surface area (Å²) in [6.07, 6.45) is 0.473. The predicted octanol–water partition coefficient (Wildman–Crippen LogP) is 1.14. The molecule has 0 aromatic heterocycles. The van der Waals surface area contributed by atoms with Gasteiger partial charge in [-0.1, -0.05) is 34.1 Å². The van der Waals surface area contributed by atoms with Gasteiger partial charge >= 0.3 is 0 Å². The average Bonchev–Trinajstić information content (AvgIpc) is 2.13. The second kappa shape index (κ2) is 7.21. The van der Waals surface area contributed by atoms with Gasteiger partial charge in [0.25, 0.3) is 0 Å². The molecule has 14 heavy (non-hydrogen) atoms. The lowest BCUT2D eigenvalue weighted by atomic mass is 9.98. The zero-order valence-electron chi connectivity index (χ0n) is 9.83. The molecule has 0 fully saturated rings. The number of aliphatic hydroxyl groups excluding tert-OH is 2. The van der Waals surface area contributed by atoms with Crippen LogP contribution in [0.15, 0.2) is 0 Å². The van der Waals surface area contributed by atoms with Gasteiger partial charge in [-0.3, -0.25) is 0 Å². The van der Waals surface area contributed by atoms with Gasteiger partial charge in [0.2, 0.25) is 0 Å². The van der Waals surface area contributed by atoms with Gasteiger partial charge in [-0.2, -0.15) is 0 Å². The molecule has 3 atom stereocenters. The van der Waals surface area contributed by atoms with Crippen molar-refractivity contribution < 1.29 is 10.2 Å². The highest BCUT2D eigenvalue weighted by atomic mass is 16.3. The van der Waals surface area contributed by atoms with Crippen LogP contribution in [0.2, 0.25) is 0 Å². The second-order valence-corrected chi connectivity index (χ2v) is 4.45. The SMILES string of the molecule is CCC(C)CC(O)C(O)CNC(C)C. The molecule has 0 saturated heterocycles. The van der Waals surface area contributed by atoms with Crippen LogP contribution in [0.3, 0.4) is 0 Å². The van der Waals surface area contributed by atoms with Crippen LogP contribution in [0.25, 0.3) is 0 Å². The van der Waals surface area contributed by atoms with Crippen LogP contribution >= 0.6 is 0 Å². The van der Waals surface area contributed by atoms with E-state index < -0.39 is 12.2 Å². The van der Waals surface area contributed by atoms with Gasteiger partial charge in [0.15, 0.2) is 0 Å². The van der Waals surface area contributed by atoms with Gasteiger partial charge in [-0.25, -0.2) is 0 Å². The highest BCUT2D eigenvalue weighted by Gasteiger charge is 2.18. The first-order valence-corrected chi connectivity index (χ1v) is 5.56. The molecule has 0 aliphatic heterocycles. The van der Waals surface area contributed by atoms with E-state index in [9.17, 15) is 10.2 Å². The summed E-state index contributed by atoms with van der Waals surface area (Å²) < 4.78 is 0. The van der Waals surface area contributed by atoms with E-state index in [-0.39, 0.29) is 0 Å². The molecule has 0 radical (unpaired) electrons. The summed E-state index contributed by atoms with van der Waals surface area (Å²) in [6, 6.07) is 0.348. The fraction of sp³-hybridized carbons (Fsp3) is 1.00. The van der Waals surface area contributed by atoms with Crippen molar-refractivity contribution in [2.75, 3.05) is 6.54 Å². The molecule has 3 unspecified atom stereocenters. The largest absolute Gasteiger partial charge is 0.390 e. The van der Waals surface area contributed by atoms with Crippen LogP contribution in [0.4, 0.5) is 0 Å². The van der Waals surface area contributed by atoms with Crippen molar-refractivity contribution in [2.24, 2.45) is 5.92 Å².